The lowest BCUT2D eigenvalue weighted by Gasteiger charge is -2.06. The van der Waals surface area contributed by atoms with E-state index in [9.17, 15) is 14.4 Å². The van der Waals surface area contributed by atoms with E-state index in [2.05, 4.69) is 15.4 Å². The van der Waals surface area contributed by atoms with E-state index in [0.29, 0.717) is 11.3 Å². The summed E-state index contributed by atoms with van der Waals surface area (Å²) in [4.78, 5) is 39.2. The number of aliphatic carboxylic acids is 1. The van der Waals surface area contributed by atoms with E-state index in [1.54, 1.807) is 18.5 Å². The van der Waals surface area contributed by atoms with Crippen LogP contribution in [0.2, 0.25) is 0 Å². The number of carboxylic acid groups (broad SMARTS) is 1. The standard InChI is InChI=1S/C14H11N5O4/c20-11(21)8-18-5-1-3-9(14(18)23)13(22)17-10-7-16-19-6-2-4-15-12(10)19/h1-7H,8H2,(H,17,22)(H,20,21). The number of carboxylic acids is 1. The molecule has 0 aromatic carbocycles. The number of aromatic nitrogens is 4. The van der Waals surface area contributed by atoms with Crippen molar-refractivity contribution in [3.8, 4) is 0 Å². The summed E-state index contributed by atoms with van der Waals surface area (Å²) in [7, 11) is 0. The Morgan fingerprint density at radius 3 is 2.87 bits per heavy atom. The molecule has 9 nitrogen and oxygen atoms in total. The third-order valence-corrected chi connectivity index (χ3v) is 3.10. The number of pyridine rings is 1. The Labute approximate surface area is 128 Å². The molecule has 0 atom stereocenters. The fourth-order valence-corrected chi connectivity index (χ4v) is 2.08. The van der Waals surface area contributed by atoms with Crippen LogP contribution in [0.1, 0.15) is 10.4 Å². The number of carbonyl (C=O) groups excluding carboxylic acids is 1. The van der Waals surface area contributed by atoms with Crippen LogP contribution in [-0.4, -0.2) is 36.1 Å². The van der Waals surface area contributed by atoms with E-state index in [4.69, 9.17) is 5.11 Å². The fraction of sp³-hybridized carbons (Fsp3) is 0.0714. The second-order valence-electron chi connectivity index (χ2n) is 4.65. The molecular formula is C14H11N5O4. The Kier molecular flexibility index (Phi) is 3.59. The topological polar surface area (TPSA) is 119 Å². The van der Waals surface area contributed by atoms with Crippen molar-refractivity contribution in [3.63, 3.8) is 0 Å². The monoisotopic (exact) mass is 313 g/mol. The maximum Gasteiger partial charge on any atom is 0.323 e. The molecule has 3 aromatic rings. The molecule has 23 heavy (non-hydrogen) atoms. The summed E-state index contributed by atoms with van der Waals surface area (Å²) in [5.41, 5.74) is -0.0628. The number of nitrogens with one attached hydrogen (secondary N) is 1. The van der Waals surface area contributed by atoms with Gasteiger partial charge in [0.15, 0.2) is 5.65 Å². The molecular weight excluding hydrogens is 302 g/mol. The molecule has 0 fully saturated rings. The zero-order valence-corrected chi connectivity index (χ0v) is 11.7. The van der Waals surface area contributed by atoms with Crippen LogP contribution >= 0.6 is 0 Å². The van der Waals surface area contributed by atoms with Gasteiger partial charge in [-0.2, -0.15) is 5.10 Å². The van der Waals surface area contributed by atoms with Gasteiger partial charge in [0.1, 0.15) is 17.8 Å². The molecule has 0 saturated heterocycles. The summed E-state index contributed by atoms with van der Waals surface area (Å²) in [6.45, 7) is -0.516. The number of hydrogen-bond donors (Lipinski definition) is 2. The lowest BCUT2D eigenvalue weighted by Crippen LogP contribution is -2.30. The fourth-order valence-electron chi connectivity index (χ4n) is 2.08. The van der Waals surface area contributed by atoms with Crippen molar-refractivity contribution in [1.82, 2.24) is 19.2 Å². The van der Waals surface area contributed by atoms with Gasteiger partial charge in [-0.05, 0) is 18.2 Å². The SMILES string of the molecule is O=C(O)Cn1cccc(C(=O)Nc2cnn3cccnc23)c1=O. The molecule has 0 aliphatic heterocycles. The van der Waals surface area contributed by atoms with Gasteiger partial charge in [-0.15, -0.1) is 0 Å². The van der Waals surface area contributed by atoms with E-state index in [0.717, 1.165) is 4.57 Å². The Morgan fingerprint density at radius 1 is 1.26 bits per heavy atom. The van der Waals surface area contributed by atoms with Crippen LogP contribution in [0.15, 0.2) is 47.8 Å². The molecule has 0 aliphatic carbocycles. The predicted octanol–water partition coefficient (Wildman–Crippen LogP) is 0.228. The molecule has 2 N–H and O–H groups in total. The average molecular weight is 313 g/mol. The van der Waals surface area contributed by atoms with Gasteiger partial charge < -0.3 is 15.0 Å². The van der Waals surface area contributed by atoms with Crippen LogP contribution in [0.25, 0.3) is 5.65 Å². The van der Waals surface area contributed by atoms with Crippen molar-refractivity contribution in [2.24, 2.45) is 0 Å². The molecule has 3 heterocycles. The highest BCUT2D eigenvalue weighted by Crippen LogP contribution is 2.13. The Balaban J connectivity index is 1.92. The number of hydrogen-bond acceptors (Lipinski definition) is 5. The summed E-state index contributed by atoms with van der Waals surface area (Å²) >= 11 is 0. The molecule has 116 valence electrons. The highest BCUT2D eigenvalue weighted by atomic mass is 16.4. The predicted molar refractivity (Wildman–Crippen MR) is 79.3 cm³/mol. The first kappa shape index (κ1) is 14.4. The average Bonchev–Trinajstić information content (AvgIpc) is 2.92. The van der Waals surface area contributed by atoms with Crippen molar-refractivity contribution >= 4 is 23.2 Å². The second kappa shape index (κ2) is 5.72. The summed E-state index contributed by atoms with van der Waals surface area (Å²) in [5, 5.41) is 15.3. The van der Waals surface area contributed by atoms with Crippen LogP contribution in [0, 0.1) is 0 Å². The van der Waals surface area contributed by atoms with Crippen LogP contribution in [0.5, 0.6) is 0 Å². The van der Waals surface area contributed by atoms with Gasteiger partial charge in [0.2, 0.25) is 0 Å². The van der Waals surface area contributed by atoms with Gasteiger partial charge in [0.05, 0.1) is 6.20 Å². The highest BCUT2D eigenvalue weighted by molar-refractivity contribution is 6.05. The minimum atomic E-state index is -1.17. The normalized spacial score (nSPS) is 10.6. The van der Waals surface area contributed by atoms with Crippen LogP contribution in [0.4, 0.5) is 5.69 Å². The molecule has 3 rings (SSSR count). The first-order valence-corrected chi connectivity index (χ1v) is 6.57. The first-order valence-electron chi connectivity index (χ1n) is 6.57. The van der Waals surface area contributed by atoms with Gasteiger partial charge in [-0.25, -0.2) is 9.50 Å². The second-order valence-corrected chi connectivity index (χ2v) is 4.65. The summed E-state index contributed by atoms with van der Waals surface area (Å²) < 4.78 is 2.43. The smallest absolute Gasteiger partial charge is 0.323 e. The number of carbonyl (C=O) groups is 2. The zero-order chi connectivity index (χ0) is 16.4. The number of amides is 1. The molecule has 0 spiro atoms. The lowest BCUT2D eigenvalue weighted by molar-refractivity contribution is -0.137. The maximum atomic E-state index is 12.3. The van der Waals surface area contributed by atoms with Gasteiger partial charge in [0, 0.05) is 18.6 Å². The van der Waals surface area contributed by atoms with Crippen molar-refractivity contribution in [2.45, 2.75) is 6.54 Å². The number of nitrogens with zero attached hydrogens (tertiary/aromatic N) is 4. The van der Waals surface area contributed by atoms with E-state index < -0.39 is 24.0 Å². The molecule has 1 amide bonds. The van der Waals surface area contributed by atoms with E-state index in [-0.39, 0.29) is 5.56 Å². The minimum absolute atomic E-state index is 0.163. The number of anilines is 1. The molecule has 0 unspecified atom stereocenters. The maximum absolute atomic E-state index is 12.3. The van der Waals surface area contributed by atoms with Crippen molar-refractivity contribution in [3.05, 3.63) is 58.9 Å². The Bertz CT molecular complexity index is 959. The van der Waals surface area contributed by atoms with Gasteiger partial charge in [0.25, 0.3) is 11.5 Å². The van der Waals surface area contributed by atoms with Crippen LogP contribution < -0.4 is 10.9 Å². The molecule has 0 bridgehead atoms. The Morgan fingerprint density at radius 2 is 2.09 bits per heavy atom. The minimum Gasteiger partial charge on any atom is -0.480 e. The first-order chi connectivity index (χ1) is 11.1. The van der Waals surface area contributed by atoms with Crippen molar-refractivity contribution in [1.29, 1.82) is 0 Å². The third-order valence-electron chi connectivity index (χ3n) is 3.10. The largest absolute Gasteiger partial charge is 0.480 e. The summed E-state index contributed by atoms with van der Waals surface area (Å²) in [5.74, 6) is -1.83. The van der Waals surface area contributed by atoms with Gasteiger partial charge >= 0.3 is 5.97 Å². The Hall–Kier alpha value is -3.49. The van der Waals surface area contributed by atoms with Crippen LogP contribution in [0.3, 0.4) is 0 Å². The molecule has 0 aliphatic rings. The molecule has 0 saturated carbocycles. The van der Waals surface area contributed by atoms with Crippen molar-refractivity contribution in [2.75, 3.05) is 5.32 Å². The van der Waals surface area contributed by atoms with Crippen LogP contribution in [-0.2, 0) is 11.3 Å². The molecule has 9 heteroatoms. The highest BCUT2D eigenvalue weighted by Gasteiger charge is 2.15. The summed E-state index contributed by atoms with van der Waals surface area (Å²) in [6, 6.07) is 4.45. The van der Waals surface area contributed by atoms with Gasteiger partial charge in [-0.3, -0.25) is 14.4 Å². The number of fused-ring (bicyclic) bond motifs is 1. The summed E-state index contributed by atoms with van der Waals surface area (Å²) in [6.07, 6.45) is 5.94. The lowest BCUT2D eigenvalue weighted by atomic mass is 10.2. The number of rotatable bonds is 4. The molecule has 3 aromatic heterocycles. The quantitative estimate of drug-likeness (QED) is 0.711. The van der Waals surface area contributed by atoms with E-state index in [1.165, 1.54) is 29.0 Å². The van der Waals surface area contributed by atoms with E-state index in [1.807, 2.05) is 0 Å². The molecule has 0 radical (unpaired) electrons. The third kappa shape index (κ3) is 2.79. The van der Waals surface area contributed by atoms with Crippen molar-refractivity contribution < 1.29 is 14.7 Å². The van der Waals surface area contributed by atoms with E-state index >= 15 is 0 Å². The van der Waals surface area contributed by atoms with Gasteiger partial charge in [-0.1, -0.05) is 0 Å². The zero-order valence-electron chi connectivity index (χ0n) is 11.7.